The summed E-state index contributed by atoms with van der Waals surface area (Å²) in [6.07, 6.45) is 3.56. The fraction of sp³-hybridized carbons (Fsp3) is 0.222. The fourth-order valence-electron chi connectivity index (χ4n) is 2.73. The summed E-state index contributed by atoms with van der Waals surface area (Å²) in [5.74, 6) is -0.287. The zero-order chi connectivity index (χ0) is 19.0. The van der Waals surface area contributed by atoms with Crippen molar-refractivity contribution in [2.75, 3.05) is 0 Å². The highest BCUT2D eigenvalue weighted by atomic mass is 35.5. The number of halogens is 1. The van der Waals surface area contributed by atoms with Crippen molar-refractivity contribution in [2.24, 2.45) is 0 Å². The van der Waals surface area contributed by atoms with E-state index < -0.39 is 0 Å². The topological polar surface area (TPSA) is 77.1 Å². The first-order chi connectivity index (χ1) is 13.0. The van der Waals surface area contributed by atoms with Crippen LogP contribution in [0.15, 0.2) is 36.7 Å². The fourth-order valence-corrected chi connectivity index (χ4v) is 3.90. The van der Waals surface area contributed by atoms with E-state index in [-0.39, 0.29) is 11.6 Å². The Morgan fingerprint density at radius 3 is 2.85 bits per heavy atom. The highest BCUT2D eigenvalue weighted by Gasteiger charge is 2.13. The number of aromatic nitrogens is 5. The lowest BCUT2D eigenvalue weighted by Crippen LogP contribution is -2.23. The molecule has 0 saturated heterocycles. The average molecular weight is 401 g/mol. The highest BCUT2D eigenvalue weighted by molar-refractivity contribution is 7.17. The van der Waals surface area contributed by atoms with Crippen molar-refractivity contribution in [1.29, 1.82) is 0 Å². The number of aryl methyl sites for hydroxylation is 2. The molecule has 7 nitrogen and oxygen atoms in total. The van der Waals surface area contributed by atoms with Crippen LogP contribution < -0.4 is 5.32 Å². The zero-order valence-corrected chi connectivity index (χ0v) is 16.4. The quantitative estimate of drug-likeness (QED) is 0.558. The van der Waals surface area contributed by atoms with Gasteiger partial charge in [0.15, 0.2) is 10.7 Å². The van der Waals surface area contributed by atoms with Crippen LogP contribution >= 0.6 is 22.9 Å². The van der Waals surface area contributed by atoms with Crippen molar-refractivity contribution in [3.8, 4) is 0 Å². The Balaban J connectivity index is 1.41. The van der Waals surface area contributed by atoms with E-state index in [0.29, 0.717) is 18.1 Å². The van der Waals surface area contributed by atoms with E-state index in [4.69, 9.17) is 11.6 Å². The van der Waals surface area contributed by atoms with Crippen LogP contribution in [0.5, 0.6) is 0 Å². The second kappa shape index (κ2) is 7.13. The molecular formula is C18H17ClN6OS. The number of carbonyl (C=O) groups is 1. The first-order valence-corrected chi connectivity index (χ1v) is 9.56. The van der Waals surface area contributed by atoms with Gasteiger partial charge >= 0.3 is 0 Å². The third-order valence-corrected chi connectivity index (χ3v) is 5.77. The van der Waals surface area contributed by atoms with Gasteiger partial charge in [0.25, 0.3) is 5.91 Å². The van der Waals surface area contributed by atoms with Gasteiger partial charge in [-0.1, -0.05) is 35.0 Å². The maximum absolute atomic E-state index is 12.3. The second-order valence-electron chi connectivity index (χ2n) is 6.20. The van der Waals surface area contributed by atoms with Gasteiger partial charge in [0.1, 0.15) is 0 Å². The van der Waals surface area contributed by atoms with Crippen LogP contribution in [0.4, 0.5) is 0 Å². The lowest BCUT2D eigenvalue weighted by atomic mass is 10.2. The largest absolute Gasteiger partial charge is 0.345 e. The number of thiazole rings is 1. The summed E-state index contributed by atoms with van der Waals surface area (Å²) in [6, 6.07) is 7.51. The van der Waals surface area contributed by atoms with Gasteiger partial charge in [-0.25, -0.2) is 9.67 Å². The van der Waals surface area contributed by atoms with Crippen molar-refractivity contribution in [3.63, 3.8) is 0 Å². The minimum Gasteiger partial charge on any atom is -0.345 e. The maximum Gasteiger partial charge on any atom is 0.273 e. The Labute approximate surface area is 164 Å². The molecule has 0 spiro atoms. The van der Waals surface area contributed by atoms with Gasteiger partial charge in [-0.15, -0.1) is 16.4 Å². The number of fused-ring (bicyclic) bond motifs is 1. The van der Waals surface area contributed by atoms with Gasteiger partial charge in [-0.05, 0) is 25.5 Å². The first-order valence-electron chi connectivity index (χ1n) is 8.37. The number of rotatable bonds is 5. The lowest BCUT2D eigenvalue weighted by molar-refractivity contribution is 0.0945. The Hall–Kier alpha value is -2.71. The monoisotopic (exact) mass is 400 g/mol. The van der Waals surface area contributed by atoms with Crippen LogP contribution in [-0.2, 0) is 13.1 Å². The van der Waals surface area contributed by atoms with E-state index in [2.05, 4.69) is 34.5 Å². The molecule has 4 rings (SSSR count). The number of imidazole rings is 1. The zero-order valence-electron chi connectivity index (χ0n) is 14.8. The van der Waals surface area contributed by atoms with Crippen LogP contribution in [0.25, 0.3) is 4.96 Å². The summed E-state index contributed by atoms with van der Waals surface area (Å²) in [7, 11) is 0. The standard InChI is InChI=1S/C18H17ClN6OS/c1-11-12(2)27-18-21-14(9-25(11)18)7-20-17(26)16-10-24(23-22-16)8-13-5-3-4-6-15(13)19/h3-6,9-10H,7-8H2,1-2H3,(H,20,26). The number of benzene rings is 1. The van der Waals surface area contributed by atoms with Crippen molar-refractivity contribution in [1.82, 2.24) is 29.7 Å². The van der Waals surface area contributed by atoms with Gasteiger partial charge in [-0.2, -0.15) is 0 Å². The summed E-state index contributed by atoms with van der Waals surface area (Å²) in [4.78, 5) is 19.1. The predicted octanol–water partition coefficient (Wildman–Crippen LogP) is 3.24. The number of hydrogen-bond donors (Lipinski definition) is 1. The molecule has 0 saturated carbocycles. The van der Waals surface area contributed by atoms with Crippen molar-refractivity contribution in [2.45, 2.75) is 26.9 Å². The molecule has 3 aromatic heterocycles. The molecule has 0 unspecified atom stereocenters. The summed E-state index contributed by atoms with van der Waals surface area (Å²) in [5.41, 5.74) is 3.15. The highest BCUT2D eigenvalue weighted by Crippen LogP contribution is 2.21. The number of hydrogen-bond acceptors (Lipinski definition) is 5. The minimum absolute atomic E-state index is 0.259. The Morgan fingerprint density at radius 2 is 2.07 bits per heavy atom. The lowest BCUT2D eigenvalue weighted by Gasteiger charge is -2.02. The van der Waals surface area contributed by atoms with E-state index >= 15 is 0 Å². The smallest absolute Gasteiger partial charge is 0.273 e. The summed E-state index contributed by atoms with van der Waals surface area (Å²) in [6.45, 7) is 4.92. The normalized spacial score (nSPS) is 11.2. The van der Waals surface area contributed by atoms with Crippen molar-refractivity contribution in [3.05, 3.63) is 69.2 Å². The molecular weight excluding hydrogens is 384 g/mol. The van der Waals surface area contributed by atoms with E-state index in [1.54, 1.807) is 22.2 Å². The maximum atomic E-state index is 12.3. The van der Waals surface area contributed by atoms with Gasteiger partial charge in [-0.3, -0.25) is 9.20 Å². The van der Waals surface area contributed by atoms with Crippen molar-refractivity contribution < 1.29 is 4.79 Å². The summed E-state index contributed by atoms with van der Waals surface area (Å²) < 4.78 is 3.64. The molecule has 138 valence electrons. The molecule has 0 aliphatic heterocycles. The molecule has 0 radical (unpaired) electrons. The third kappa shape index (κ3) is 3.58. The molecule has 0 aliphatic carbocycles. The Morgan fingerprint density at radius 1 is 1.26 bits per heavy atom. The first kappa shape index (κ1) is 17.7. The van der Waals surface area contributed by atoms with Gasteiger partial charge < -0.3 is 5.32 Å². The number of carbonyl (C=O) groups excluding carboxylic acids is 1. The van der Waals surface area contributed by atoms with Crippen molar-refractivity contribution >= 4 is 33.8 Å². The molecule has 27 heavy (non-hydrogen) atoms. The van der Waals surface area contributed by atoms with Crippen LogP contribution in [-0.4, -0.2) is 30.3 Å². The van der Waals surface area contributed by atoms with Crippen LogP contribution in [0.2, 0.25) is 5.02 Å². The molecule has 1 aromatic carbocycles. The molecule has 0 fully saturated rings. The number of amides is 1. The molecule has 1 N–H and O–H groups in total. The van der Waals surface area contributed by atoms with Gasteiger partial charge in [0, 0.05) is 21.8 Å². The molecule has 0 aliphatic rings. The molecule has 3 heterocycles. The summed E-state index contributed by atoms with van der Waals surface area (Å²) in [5, 5.41) is 11.4. The van der Waals surface area contributed by atoms with E-state index in [9.17, 15) is 4.79 Å². The van der Waals surface area contributed by atoms with Gasteiger partial charge in [0.2, 0.25) is 0 Å². The molecule has 1 amide bonds. The molecule has 0 atom stereocenters. The van der Waals surface area contributed by atoms with Crippen LogP contribution in [0.3, 0.4) is 0 Å². The average Bonchev–Trinajstić information content (AvgIpc) is 3.33. The predicted molar refractivity (Wildman–Crippen MR) is 104 cm³/mol. The van der Waals surface area contributed by atoms with E-state index in [0.717, 1.165) is 16.2 Å². The Bertz CT molecular complexity index is 1130. The van der Waals surface area contributed by atoms with E-state index in [1.165, 1.54) is 10.6 Å². The summed E-state index contributed by atoms with van der Waals surface area (Å²) >= 11 is 7.80. The third-order valence-electron chi connectivity index (χ3n) is 4.33. The van der Waals surface area contributed by atoms with Crippen LogP contribution in [0.1, 0.15) is 32.3 Å². The molecule has 4 aromatic rings. The van der Waals surface area contributed by atoms with Crippen LogP contribution in [0, 0.1) is 13.8 Å². The molecule has 9 heteroatoms. The van der Waals surface area contributed by atoms with E-state index in [1.807, 2.05) is 34.9 Å². The number of nitrogens with one attached hydrogen (secondary N) is 1. The second-order valence-corrected chi connectivity index (χ2v) is 7.79. The Kier molecular flexibility index (Phi) is 4.67. The van der Waals surface area contributed by atoms with Gasteiger partial charge in [0.05, 0.1) is 25.0 Å². The SMILES string of the molecule is Cc1sc2nc(CNC(=O)c3cn(Cc4ccccc4Cl)nn3)cn2c1C. The number of nitrogens with zero attached hydrogens (tertiary/aromatic N) is 5. The minimum atomic E-state index is -0.287. The molecule has 0 bridgehead atoms.